The number of rotatable bonds is 4. The van der Waals surface area contributed by atoms with Crippen molar-refractivity contribution in [1.82, 2.24) is 0 Å². The van der Waals surface area contributed by atoms with Crippen molar-refractivity contribution in [2.75, 3.05) is 5.75 Å². The Balaban J connectivity index is 1.80. The summed E-state index contributed by atoms with van der Waals surface area (Å²) in [4.78, 5) is 1.34. The lowest BCUT2D eigenvalue weighted by Crippen LogP contribution is -2.37. The van der Waals surface area contributed by atoms with E-state index >= 15 is 0 Å². The summed E-state index contributed by atoms with van der Waals surface area (Å²) >= 11 is 1.90. The van der Waals surface area contributed by atoms with Gasteiger partial charge in [0.25, 0.3) is 0 Å². The van der Waals surface area contributed by atoms with Crippen molar-refractivity contribution in [3.8, 4) is 0 Å². The molecular formula is C16H25NS. The van der Waals surface area contributed by atoms with Crippen LogP contribution >= 0.6 is 11.8 Å². The predicted octanol–water partition coefficient (Wildman–Crippen LogP) is 4.18. The number of thioether (sulfide) groups is 1. The topological polar surface area (TPSA) is 26.0 Å². The van der Waals surface area contributed by atoms with E-state index < -0.39 is 0 Å². The molecule has 1 aliphatic rings. The molecule has 2 N–H and O–H groups in total. The van der Waals surface area contributed by atoms with E-state index in [1.165, 1.54) is 24.2 Å². The molecule has 4 unspecified atom stereocenters. The summed E-state index contributed by atoms with van der Waals surface area (Å²) in [5.74, 6) is 3.51. The highest BCUT2D eigenvalue weighted by molar-refractivity contribution is 7.99. The number of nitrogens with two attached hydrogens (primary N) is 1. The summed E-state index contributed by atoms with van der Waals surface area (Å²) < 4.78 is 0. The molecule has 0 amide bonds. The first-order chi connectivity index (χ1) is 8.66. The van der Waals surface area contributed by atoms with Crippen LogP contribution in [0.3, 0.4) is 0 Å². The summed E-state index contributed by atoms with van der Waals surface area (Å²) in [7, 11) is 0. The van der Waals surface area contributed by atoms with E-state index in [0.717, 1.165) is 23.5 Å². The molecule has 0 aromatic heterocycles. The van der Waals surface area contributed by atoms with Gasteiger partial charge in [-0.15, -0.1) is 11.8 Å². The third-order valence-corrected chi connectivity index (χ3v) is 5.59. The molecule has 1 nitrogen and oxygen atoms in total. The standard InChI is InChI=1S/C16H25NS/c1-12-8-9-14(10-13(12)2)16(17)11-18-15-6-4-3-5-7-15/h3-7,12-14,16H,8-11,17H2,1-2H3. The summed E-state index contributed by atoms with van der Waals surface area (Å²) in [6, 6.07) is 10.9. The Morgan fingerprint density at radius 1 is 1.17 bits per heavy atom. The molecule has 1 fully saturated rings. The Hall–Kier alpha value is -0.470. The summed E-state index contributed by atoms with van der Waals surface area (Å²) in [5, 5.41) is 0. The minimum atomic E-state index is 0.352. The fourth-order valence-corrected chi connectivity index (χ4v) is 3.83. The molecular weight excluding hydrogens is 238 g/mol. The number of hydrogen-bond donors (Lipinski definition) is 1. The quantitative estimate of drug-likeness (QED) is 0.825. The van der Waals surface area contributed by atoms with E-state index in [-0.39, 0.29) is 0 Å². The third-order valence-electron chi connectivity index (χ3n) is 4.43. The largest absolute Gasteiger partial charge is 0.327 e. The first-order valence-electron chi connectivity index (χ1n) is 7.10. The van der Waals surface area contributed by atoms with Crippen LogP contribution in [0.1, 0.15) is 33.1 Å². The lowest BCUT2D eigenvalue weighted by atomic mass is 9.74. The molecule has 1 aliphatic carbocycles. The Morgan fingerprint density at radius 2 is 1.89 bits per heavy atom. The highest BCUT2D eigenvalue weighted by atomic mass is 32.2. The van der Waals surface area contributed by atoms with Gasteiger partial charge in [-0.1, -0.05) is 38.5 Å². The molecule has 0 aliphatic heterocycles. The van der Waals surface area contributed by atoms with Crippen LogP contribution < -0.4 is 5.73 Å². The molecule has 0 bridgehead atoms. The monoisotopic (exact) mass is 263 g/mol. The fourth-order valence-electron chi connectivity index (χ4n) is 2.82. The Labute approximate surface area is 116 Å². The highest BCUT2D eigenvalue weighted by Gasteiger charge is 2.28. The van der Waals surface area contributed by atoms with Gasteiger partial charge in [-0.2, -0.15) is 0 Å². The molecule has 1 aromatic rings. The molecule has 2 rings (SSSR count). The van der Waals surface area contributed by atoms with E-state index in [2.05, 4.69) is 44.2 Å². The molecule has 1 aromatic carbocycles. The highest BCUT2D eigenvalue weighted by Crippen LogP contribution is 2.35. The van der Waals surface area contributed by atoms with Crippen molar-refractivity contribution < 1.29 is 0 Å². The third kappa shape index (κ3) is 3.76. The van der Waals surface area contributed by atoms with Crippen LogP contribution in [0, 0.1) is 17.8 Å². The molecule has 100 valence electrons. The zero-order valence-electron chi connectivity index (χ0n) is 11.5. The second-order valence-electron chi connectivity index (χ2n) is 5.82. The van der Waals surface area contributed by atoms with Crippen LogP contribution in [0.15, 0.2) is 35.2 Å². The predicted molar refractivity (Wildman–Crippen MR) is 80.8 cm³/mol. The number of hydrogen-bond acceptors (Lipinski definition) is 2. The van der Waals surface area contributed by atoms with Crippen LogP contribution in [0.4, 0.5) is 0 Å². The second-order valence-corrected chi connectivity index (χ2v) is 6.91. The van der Waals surface area contributed by atoms with Gasteiger partial charge in [0.15, 0.2) is 0 Å². The summed E-state index contributed by atoms with van der Waals surface area (Å²) in [6.45, 7) is 4.76. The maximum Gasteiger partial charge on any atom is 0.0162 e. The molecule has 0 radical (unpaired) electrons. The second kappa shape index (κ2) is 6.63. The lowest BCUT2D eigenvalue weighted by molar-refractivity contribution is 0.192. The SMILES string of the molecule is CC1CCC(C(N)CSc2ccccc2)CC1C. The van der Waals surface area contributed by atoms with Crippen LogP contribution in [-0.2, 0) is 0 Å². The van der Waals surface area contributed by atoms with E-state index in [1.807, 2.05) is 11.8 Å². The average Bonchev–Trinajstić information content (AvgIpc) is 2.40. The molecule has 1 saturated carbocycles. The van der Waals surface area contributed by atoms with Gasteiger partial charge in [0.1, 0.15) is 0 Å². The van der Waals surface area contributed by atoms with Crippen LogP contribution in [0.25, 0.3) is 0 Å². The zero-order valence-corrected chi connectivity index (χ0v) is 12.3. The Bertz CT molecular complexity index is 351. The van der Waals surface area contributed by atoms with E-state index in [9.17, 15) is 0 Å². The minimum Gasteiger partial charge on any atom is -0.327 e. The maximum absolute atomic E-state index is 6.38. The van der Waals surface area contributed by atoms with Gasteiger partial charge in [0.2, 0.25) is 0 Å². The average molecular weight is 263 g/mol. The van der Waals surface area contributed by atoms with Gasteiger partial charge in [0.05, 0.1) is 0 Å². The first kappa shape index (κ1) is 14.0. The van der Waals surface area contributed by atoms with Crippen molar-refractivity contribution in [3.05, 3.63) is 30.3 Å². The zero-order chi connectivity index (χ0) is 13.0. The van der Waals surface area contributed by atoms with E-state index in [1.54, 1.807) is 0 Å². The van der Waals surface area contributed by atoms with Gasteiger partial charge in [-0.25, -0.2) is 0 Å². The first-order valence-corrected chi connectivity index (χ1v) is 8.09. The van der Waals surface area contributed by atoms with E-state index in [4.69, 9.17) is 5.73 Å². The summed E-state index contributed by atoms with van der Waals surface area (Å²) in [6.07, 6.45) is 4.00. The normalized spacial score (nSPS) is 30.1. The van der Waals surface area contributed by atoms with Gasteiger partial charge in [-0.05, 0) is 42.7 Å². The number of benzene rings is 1. The van der Waals surface area contributed by atoms with Crippen LogP contribution in [-0.4, -0.2) is 11.8 Å². The van der Waals surface area contributed by atoms with Crippen molar-refractivity contribution in [2.45, 2.75) is 44.0 Å². The van der Waals surface area contributed by atoms with Gasteiger partial charge < -0.3 is 5.73 Å². The summed E-state index contributed by atoms with van der Waals surface area (Å²) in [5.41, 5.74) is 6.38. The van der Waals surface area contributed by atoms with Gasteiger partial charge in [-0.3, -0.25) is 0 Å². The van der Waals surface area contributed by atoms with Crippen molar-refractivity contribution in [3.63, 3.8) is 0 Å². The maximum atomic E-state index is 6.38. The molecule has 0 heterocycles. The van der Waals surface area contributed by atoms with Crippen molar-refractivity contribution in [1.29, 1.82) is 0 Å². The Morgan fingerprint density at radius 3 is 2.56 bits per heavy atom. The smallest absolute Gasteiger partial charge is 0.0162 e. The molecule has 2 heteroatoms. The molecule has 0 spiro atoms. The lowest BCUT2D eigenvalue weighted by Gasteiger charge is -2.35. The van der Waals surface area contributed by atoms with Gasteiger partial charge >= 0.3 is 0 Å². The molecule has 18 heavy (non-hydrogen) atoms. The van der Waals surface area contributed by atoms with Crippen LogP contribution in [0.2, 0.25) is 0 Å². The van der Waals surface area contributed by atoms with Crippen molar-refractivity contribution >= 4 is 11.8 Å². The van der Waals surface area contributed by atoms with Crippen LogP contribution in [0.5, 0.6) is 0 Å². The minimum absolute atomic E-state index is 0.352. The van der Waals surface area contributed by atoms with E-state index in [0.29, 0.717) is 6.04 Å². The fraction of sp³-hybridized carbons (Fsp3) is 0.625. The molecule has 0 saturated heterocycles. The van der Waals surface area contributed by atoms with Gasteiger partial charge in [0, 0.05) is 16.7 Å². The Kier molecular flexibility index (Phi) is 5.13. The van der Waals surface area contributed by atoms with Crippen molar-refractivity contribution in [2.24, 2.45) is 23.5 Å². The molecule has 4 atom stereocenters.